The Bertz CT molecular complexity index is 538. The van der Waals surface area contributed by atoms with Gasteiger partial charge in [0.05, 0.1) is 5.02 Å². The first-order valence-corrected chi connectivity index (χ1v) is 7.34. The maximum atomic E-state index is 13.4. The minimum atomic E-state index is -1.36. The zero-order valence-corrected chi connectivity index (χ0v) is 13.2. The first kappa shape index (κ1) is 18.4. The Morgan fingerprint density at radius 1 is 1.45 bits per heavy atom. The molecule has 0 radical (unpaired) electrons. The van der Waals surface area contributed by atoms with Crippen molar-refractivity contribution in [1.82, 2.24) is 5.32 Å². The van der Waals surface area contributed by atoms with Gasteiger partial charge in [-0.2, -0.15) is 0 Å². The number of hydrogen-bond acceptors (Lipinski definition) is 3. The molecule has 7 heteroatoms. The molecule has 0 saturated carbocycles. The number of carbonyl (C=O) groups excluding carboxylic acids is 1. The molecule has 1 amide bonds. The number of carboxylic acid groups (broad SMARTS) is 1. The van der Waals surface area contributed by atoms with E-state index in [0.29, 0.717) is 6.61 Å². The van der Waals surface area contributed by atoms with Crippen molar-refractivity contribution >= 4 is 23.5 Å². The van der Waals surface area contributed by atoms with Crippen LogP contribution in [0.25, 0.3) is 0 Å². The van der Waals surface area contributed by atoms with Crippen LogP contribution in [0, 0.1) is 5.82 Å². The molecule has 0 spiro atoms. The number of amides is 1. The third kappa shape index (κ3) is 5.27. The molecule has 0 aliphatic heterocycles. The van der Waals surface area contributed by atoms with Gasteiger partial charge in [-0.15, -0.1) is 0 Å². The number of rotatable bonds is 8. The average molecular weight is 332 g/mol. The van der Waals surface area contributed by atoms with E-state index in [9.17, 15) is 19.1 Å². The van der Waals surface area contributed by atoms with Crippen molar-refractivity contribution in [3.05, 3.63) is 34.6 Å². The van der Waals surface area contributed by atoms with E-state index < -0.39 is 29.8 Å². The summed E-state index contributed by atoms with van der Waals surface area (Å²) >= 11 is 5.56. The number of carboxylic acids is 1. The smallest absolute Gasteiger partial charge is 0.330 e. The summed E-state index contributed by atoms with van der Waals surface area (Å²) < 4.78 is 18.7. The fourth-order valence-corrected chi connectivity index (χ4v) is 1.84. The van der Waals surface area contributed by atoms with Crippen LogP contribution in [0.15, 0.2) is 18.2 Å². The highest BCUT2D eigenvalue weighted by atomic mass is 35.5. The van der Waals surface area contributed by atoms with Gasteiger partial charge in [0.1, 0.15) is 11.9 Å². The van der Waals surface area contributed by atoms with Gasteiger partial charge < -0.3 is 15.2 Å². The summed E-state index contributed by atoms with van der Waals surface area (Å²) in [6.07, 6.45) is 0.948. The Labute approximate surface area is 133 Å². The summed E-state index contributed by atoms with van der Waals surface area (Å²) in [5.41, 5.74) is 0.100. The van der Waals surface area contributed by atoms with Gasteiger partial charge in [0, 0.05) is 6.61 Å². The van der Waals surface area contributed by atoms with Gasteiger partial charge in [0.2, 0.25) is 5.91 Å². The number of unbranched alkanes of at least 4 members (excludes halogenated alkanes) is 1. The quantitative estimate of drug-likeness (QED) is 0.718. The average Bonchev–Trinajstić information content (AvgIpc) is 2.47. The van der Waals surface area contributed by atoms with E-state index in [1.165, 1.54) is 19.1 Å². The van der Waals surface area contributed by atoms with Crippen molar-refractivity contribution in [2.75, 3.05) is 6.61 Å². The normalized spacial score (nSPS) is 13.5. The number of carbonyl (C=O) groups is 2. The summed E-state index contributed by atoms with van der Waals surface area (Å²) in [7, 11) is 0. The number of hydrogen-bond donors (Lipinski definition) is 2. The third-order valence-electron chi connectivity index (χ3n) is 3.05. The molecule has 0 heterocycles. The van der Waals surface area contributed by atoms with Crippen LogP contribution in [0.3, 0.4) is 0 Å². The fraction of sp³-hybridized carbons (Fsp3) is 0.467. The van der Waals surface area contributed by atoms with E-state index in [4.69, 9.17) is 16.3 Å². The first-order chi connectivity index (χ1) is 10.4. The van der Waals surface area contributed by atoms with Crippen molar-refractivity contribution in [2.24, 2.45) is 0 Å². The van der Waals surface area contributed by atoms with Gasteiger partial charge in [-0.05, 0) is 31.0 Å². The zero-order chi connectivity index (χ0) is 16.7. The molecule has 1 rings (SSSR count). The van der Waals surface area contributed by atoms with Gasteiger partial charge in [0.25, 0.3) is 0 Å². The molecule has 0 aromatic heterocycles. The first-order valence-electron chi connectivity index (χ1n) is 6.96. The van der Waals surface area contributed by atoms with Gasteiger partial charge >= 0.3 is 5.97 Å². The maximum absolute atomic E-state index is 13.4. The lowest BCUT2D eigenvalue weighted by Crippen LogP contribution is -2.40. The maximum Gasteiger partial charge on any atom is 0.330 e. The molecule has 0 aliphatic rings. The SMILES string of the molecule is CCCCOC(C)C(=O)NC(C(=O)O)c1ccc(Cl)c(F)c1. The molecule has 1 aromatic carbocycles. The lowest BCUT2D eigenvalue weighted by Gasteiger charge is -2.18. The third-order valence-corrected chi connectivity index (χ3v) is 3.35. The topological polar surface area (TPSA) is 75.6 Å². The second-order valence-electron chi connectivity index (χ2n) is 4.82. The summed E-state index contributed by atoms with van der Waals surface area (Å²) in [4.78, 5) is 23.3. The molecule has 0 bridgehead atoms. The number of ether oxygens (including phenoxy) is 1. The van der Waals surface area contributed by atoms with E-state index in [2.05, 4.69) is 5.32 Å². The predicted octanol–water partition coefficient (Wildman–Crippen LogP) is 2.93. The lowest BCUT2D eigenvalue weighted by molar-refractivity contribution is -0.144. The van der Waals surface area contributed by atoms with Crippen LogP contribution >= 0.6 is 11.6 Å². The molecule has 0 aliphatic carbocycles. The van der Waals surface area contributed by atoms with Crippen molar-refractivity contribution < 1.29 is 23.8 Å². The summed E-state index contributed by atoms with van der Waals surface area (Å²) in [5, 5.41) is 11.4. The highest BCUT2D eigenvalue weighted by Gasteiger charge is 2.25. The molecule has 5 nitrogen and oxygen atoms in total. The van der Waals surface area contributed by atoms with Crippen molar-refractivity contribution in [1.29, 1.82) is 0 Å². The van der Waals surface area contributed by atoms with E-state index >= 15 is 0 Å². The predicted molar refractivity (Wildman–Crippen MR) is 80.3 cm³/mol. The summed E-state index contributed by atoms with van der Waals surface area (Å²) in [6.45, 7) is 3.94. The Morgan fingerprint density at radius 2 is 2.14 bits per heavy atom. The number of aliphatic carboxylic acids is 1. The van der Waals surface area contributed by atoms with Crippen molar-refractivity contribution in [3.8, 4) is 0 Å². The van der Waals surface area contributed by atoms with Gasteiger partial charge in [-0.1, -0.05) is 31.0 Å². The Morgan fingerprint density at radius 3 is 2.68 bits per heavy atom. The number of nitrogens with one attached hydrogen (secondary N) is 1. The molecule has 0 saturated heterocycles. The fourth-order valence-electron chi connectivity index (χ4n) is 1.72. The van der Waals surface area contributed by atoms with E-state index in [-0.39, 0.29) is 10.6 Å². The monoisotopic (exact) mass is 331 g/mol. The van der Waals surface area contributed by atoms with E-state index in [1.807, 2.05) is 6.92 Å². The molecule has 0 fully saturated rings. The van der Waals surface area contributed by atoms with Crippen LogP contribution in [0.1, 0.15) is 38.3 Å². The second kappa shape index (κ2) is 8.70. The van der Waals surface area contributed by atoms with Gasteiger partial charge in [-0.3, -0.25) is 4.79 Å². The van der Waals surface area contributed by atoms with Crippen LogP contribution in [0.2, 0.25) is 5.02 Å². The molecule has 1 aromatic rings. The molecular formula is C15H19ClFNO4. The van der Waals surface area contributed by atoms with Crippen LogP contribution in [0.5, 0.6) is 0 Å². The minimum absolute atomic E-state index is 0.100. The molecule has 2 atom stereocenters. The summed E-state index contributed by atoms with van der Waals surface area (Å²) in [5.74, 6) is -2.61. The van der Waals surface area contributed by atoms with Gasteiger partial charge in [0.15, 0.2) is 6.04 Å². The zero-order valence-electron chi connectivity index (χ0n) is 12.4. The number of benzene rings is 1. The Kier molecular flexibility index (Phi) is 7.27. The van der Waals surface area contributed by atoms with Crippen molar-refractivity contribution in [3.63, 3.8) is 0 Å². The van der Waals surface area contributed by atoms with E-state index in [1.54, 1.807) is 0 Å². The Hall–Kier alpha value is -1.66. The molecule has 122 valence electrons. The molecule has 2 unspecified atom stereocenters. The lowest BCUT2D eigenvalue weighted by atomic mass is 10.1. The van der Waals surface area contributed by atoms with Crippen LogP contribution in [0.4, 0.5) is 4.39 Å². The van der Waals surface area contributed by atoms with Gasteiger partial charge in [-0.25, -0.2) is 9.18 Å². The van der Waals surface area contributed by atoms with Crippen LogP contribution in [-0.2, 0) is 14.3 Å². The Balaban J connectivity index is 2.77. The van der Waals surface area contributed by atoms with Crippen LogP contribution in [-0.4, -0.2) is 29.7 Å². The molecule has 2 N–H and O–H groups in total. The largest absolute Gasteiger partial charge is 0.479 e. The molecule has 22 heavy (non-hydrogen) atoms. The van der Waals surface area contributed by atoms with E-state index in [0.717, 1.165) is 18.9 Å². The molecular weight excluding hydrogens is 313 g/mol. The highest BCUT2D eigenvalue weighted by molar-refractivity contribution is 6.30. The van der Waals surface area contributed by atoms with Crippen molar-refractivity contribution in [2.45, 2.75) is 38.8 Å². The van der Waals surface area contributed by atoms with Crippen LogP contribution < -0.4 is 5.32 Å². The minimum Gasteiger partial charge on any atom is -0.479 e. The second-order valence-corrected chi connectivity index (χ2v) is 5.23. The standard InChI is InChI=1S/C15H19ClFNO4/c1-3-4-7-22-9(2)14(19)18-13(15(20)21)10-5-6-11(16)12(17)8-10/h5-6,8-9,13H,3-4,7H2,1-2H3,(H,18,19)(H,20,21). The summed E-state index contributed by atoms with van der Waals surface area (Å²) in [6, 6.07) is 2.23. The number of halogens is 2. The highest BCUT2D eigenvalue weighted by Crippen LogP contribution is 2.20.